The summed E-state index contributed by atoms with van der Waals surface area (Å²) in [5.41, 5.74) is 8.10. The Balaban J connectivity index is 1.55. The Labute approximate surface area is 157 Å². The largest absolute Gasteiger partial charge is 0.0625 e. The van der Waals surface area contributed by atoms with Crippen molar-refractivity contribution in [3.8, 4) is 22.3 Å². The van der Waals surface area contributed by atoms with E-state index in [0.717, 1.165) is 11.8 Å². The third-order valence-electron chi connectivity index (χ3n) is 6.04. The lowest BCUT2D eigenvalue weighted by atomic mass is 9.79. The molecule has 0 aromatic heterocycles. The van der Waals surface area contributed by atoms with Crippen LogP contribution in [-0.4, -0.2) is 0 Å². The van der Waals surface area contributed by atoms with Crippen molar-refractivity contribution in [2.75, 3.05) is 0 Å². The van der Waals surface area contributed by atoms with Crippen LogP contribution in [0.1, 0.15) is 49.7 Å². The van der Waals surface area contributed by atoms with Gasteiger partial charge in [-0.25, -0.2) is 0 Å². The molecular formula is C26H28. The molecule has 0 nitrogen and oxygen atoms in total. The first-order chi connectivity index (χ1) is 12.7. The highest BCUT2D eigenvalue weighted by Crippen LogP contribution is 2.36. The summed E-state index contributed by atoms with van der Waals surface area (Å²) in [4.78, 5) is 0. The minimum Gasteiger partial charge on any atom is -0.0625 e. The molecule has 3 aromatic rings. The van der Waals surface area contributed by atoms with E-state index in [-0.39, 0.29) is 0 Å². The molecule has 0 saturated heterocycles. The summed E-state index contributed by atoms with van der Waals surface area (Å²) in [5.74, 6) is 1.68. The van der Waals surface area contributed by atoms with Gasteiger partial charge in [-0.15, -0.1) is 0 Å². The van der Waals surface area contributed by atoms with Gasteiger partial charge in [-0.05, 0) is 65.0 Å². The van der Waals surface area contributed by atoms with Crippen LogP contribution in [0.3, 0.4) is 0 Å². The standard InChI is InChI=1S/C26H28/c1-19-8-10-21(11-9-19)22-12-14-23(15-13-22)25-16-17-26(20(2)18-25)24-6-4-3-5-7-24/h3-7,12-19,21H,8-11H2,1-2H3. The molecule has 132 valence electrons. The lowest BCUT2D eigenvalue weighted by Crippen LogP contribution is -2.10. The van der Waals surface area contributed by atoms with Crippen LogP contribution in [0.25, 0.3) is 22.3 Å². The number of hydrogen-bond donors (Lipinski definition) is 0. The average molecular weight is 341 g/mol. The van der Waals surface area contributed by atoms with Crippen molar-refractivity contribution in [2.24, 2.45) is 5.92 Å². The molecule has 0 spiro atoms. The van der Waals surface area contributed by atoms with E-state index >= 15 is 0 Å². The maximum absolute atomic E-state index is 2.39. The van der Waals surface area contributed by atoms with Gasteiger partial charge in [0.25, 0.3) is 0 Å². The molecule has 26 heavy (non-hydrogen) atoms. The smallest absolute Gasteiger partial charge is 0.0154 e. The molecule has 0 aliphatic heterocycles. The van der Waals surface area contributed by atoms with E-state index in [2.05, 4.69) is 86.6 Å². The van der Waals surface area contributed by atoms with Crippen LogP contribution >= 0.6 is 0 Å². The van der Waals surface area contributed by atoms with Crippen LogP contribution in [-0.2, 0) is 0 Å². The summed E-state index contributed by atoms with van der Waals surface area (Å²) in [7, 11) is 0. The molecule has 3 aromatic carbocycles. The molecule has 0 heterocycles. The van der Waals surface area contributed by atoms with E-state index in [4.69, 9.17) is 0 Å². The summed E-state index contributed by atoms with van der Waals surface area (Å²) in [6.45, 7) is 4.60. The van der Waals surface area contributed by atoms with Crippen molar-refractivity contribution in [3.05, 3.63) is 83.9 Å². The van der Waals surface area contributed by atoms with Gasteiger partial charge in [0.1, 0.15) is 0 Å². The third-order valence-corrected chi connectivity index (χ3v) is 6.04. The number of hydrogen-bond acceptors (Lipinski definition) is 0. The number of rotatable bonds is 3. The van der Waals surface area contributed by atoms with Gasteiger partial charge < -0.3 is 0 Å². The van der Waals surface area contributed by atoms with Gasteiger partial charge in [0, 0.05) is 0 Å². The molecule has 0 unspecified atom stereocenters. The molecule has 0 N–H and O–H groups in total. The van der Waals surface area contributed by atoms with Gasteiger partial charge in [-0.1, -0.05) is 92.6 Å². The third kappa shape index (κ3) is 3.60. The molecule has 1 aliphatic rings. The first-order valence-corrected chi connectivity index (χ1v) is 9.97. The van der Waals surface area contributed by atoms with Crippen molar-refractivity contribution in [1.82, 2.24) is 0 Å². The predicted molar refractivity (Wildman–Crippen MR) is 112 cm³/mol. The highest BCUT2D eigenvalue weighted by molar-refractivity contribution is 5.73. The quantitative estimate of drug-likeness (QED) is 0.460. The lowest BCUT2D eigenvalue weighted by Gasteiger charge is -2.26. The van der Waals surface area contributed by atoms with Crippen LogP contribution in [0, 0.1) is 12.8 Å². The fraction of sp³-hybridized carbons (Fsp3) is 0.308. The molecule has 4 rings (SSSR count). The Bertz CT molecular complexity index is 850. The maximum atomic E-state index is 2.39. The van der Waals surface area contributed by atoms with Gasteiger partial charge in [0.2, 0.25) is 0 Å². The van der Waals surface area contributed by atoms with E-state index in [9.17, 15) is 0 Å². The molecule has 1 saturated carbocycles. The summed E-state index contributed by atoms with van der Waals surface area (Å²) in [6, 6.07) is 26.8. The zero-order chi connectivity index (χ0) is 17.9. The van der Waals surface area contributed by atoms with Crippen LogP contribution in [0.15, 0.2) is 72.8 Å². The summed E-state index contributed by atoms with van der Waals surface area (Å²) in [5, 5.41) is 0. The first-order valence-electron chi connectivity index (χ1n) is 9.97. The first kappa shape index (κ1) is 17.1. The van der Waals surface area contributed by atoms with Crippen LogP contribution < -0.4 is 0 Å². The van der Waals surface area contributed by atoms with E-state index in [1.165, 1.54) is 59.1 Å². The number of benzene rings is 3. The monoisotopic (exact) mass is 340 g/mol. The van der Waals surface area contributed by atoms with Crippen molar-refractivity contribution < 1.29 is 0 Å². The van der Waals surface area contributed by atoms with E-state index < -0.39 is 0 Å². The van der Waals surface area contributed by atoms with Gasteiger partial charge in [0.15, 0.2) is 0 Å². The fourth-order valence-corrected chi connectivity index (χ4v) is 4.33. The van der Waals surface area contributed by atoms with Crippen LogP contribution in [0.2, 0.25) is 0 Å². The molecule has 1 aliphatic carbocycles. The second-order valence-electron chi connectivity index (χ2n) is 7.97. The van der Waals surface area contributed by atoms with Gasteiger partial charge >= 0.3 is 0 Å². The number of aryl methyl sites for hydroxylation is 1. The topological polar surface area (TPSA) is 0 Å². The highest BCUT2D eigenvalue weighted by atomic mass is 14.2. The van der Waals surface area contributed by atoms with Crippen LogP contribution in [0.4, 0.5) is 0 Å². The molecule has 0 heteroatoms. The van der Waals surface area contributed by atoms with E-state index in [1.54, 1.807) is 0 Å². The highest BCUT2D eigenvalue weighted by Gasteiger charge is 2.19. The van der Waals surface area contributed by atoms with Gasteiger partial charge in [0.05, 0.1) is 0 Å². The molecule has 1 fully saturated rings. The Hall–Kier alpha value is -2.34. The van der Waals surface area contributed by atoms with E-state index in [0.29, 0.717) is 0 Å². The zero-order valence-electron chi connectivity index (χ0n) is 15.9. The summed E-state index contributed by atoms with van der Waals surface area (Å²) in [6.07, 6.45) is 5.47. The average Bonchev–Trinajstić information content (AvgIpc) is 2.69. The Kier molecular flexibility index (Phi) is 4.93. The van der Waals surface area contributed by atoms with Gasteiger partial charge in [-0.2, -0.15) is 0 Å². The molecule has 0 radical (unpaired) electrons. The summed E-state index contributed by atoms with van der Waals surface area (Å²) < 4.78 is 0. The summed E-state index contributed by atoms with van der Waals surface area (Å²) >= 11 is 0. The maximum Gasteiger partial charge on any atom is -0.0154 e. The van der Waals surface area contributed by atoms with Gasteiger partial charge in [-0.3, -0.25) is 0 Å². The molecule has 0 amide bonds. The predicted octanol–water partition coefficient (Wildman–Crippen LogP) is 7.62. The van der Waals surface area contributed by atoms with Crippen molar-refractivity contribution >= 4 is 0 Å². The molecule has 0 bridgehead atoms. The van der Waals surface area contributed by atoms with Crippen LogP contribution in [0.5, 0.6) is 0 Å². The SMILES string of the molecule is Cc1cc(-c2ccc(C3CCC(C)CC3)cc2)ccc1-c1ccccc1. The van der Waals surface area contributed by atoms with E-state index in [1.807, 2.05) is 0 Å². The lowest BCUT2D eigenvalue weighted by molar-refractivity contribution is 0.348. The Morgan fingerprint density at radius 2 is 1.31 bits per heavy atom. The Morgan fingerprint density at radius 1 is 0.654 bits per heavy atom. The fourth-order valence-electron chi connectivity index (χ4n) is 4.33. The molecule has 0 atom stereocenters. The van der Waals surface area contributed by atoms with Crippen molar-refractivity contribution in [3.63, 3.8) is 0 Å². The molecular weight excluding hydrogens is 312 g/mol. The van der Waals surface area contributed by atoms with Crippen molar-refractivity contribution in [2.45, 2.75) is 45.4 Å². The normalized spacial score (nSPS) is 20.1. The zero-order valence-corrected chi connectivity index (χ0v) is 15.9. The minimum atomic E-state index is 0.766. The second kappa shape index (κ2) is 7.50. The van der Waals surface area contributed by atoms with Crippen molar-refractivity contribution in [1.29, 1.82) is 0 Å². The second-order valence-corrected chi connectivity index (χ2v) is 7.97. The Morgan fingerprint density at radius 3 is 1.96 bits per heavy atom. The minimum absolute atomic E-state index is 0.766.